The number of rotatable bonds is 10. The molecule has 1 aromatic rings. The third-order valence-corrected chi connectivity index (χ3v) is 8.86. The lowest BCUT2D eigenvalue weighted by Gasteiger charge is -2.41. The predicted molar refractivity (Wildman–Crippen MR) is 151 cm³/mol. The van der Waals surface area contributed by atoms with Crippen LogP contribution in [0.4, 0.5) is 5.69 Å². The van der Waals surface area contributed by atoms with Crippen molar-refractivity contribution in [2.75, 3.05) is 38.5 Å². The van der Waals surface area contributed by atoms with Crippen LogP contribution in [0.2, 0.25) is 0 Å². The summed E-state index contributed by atoms with van der Waals surface area (Å²) in [6.45, 7) is 9.00. The Bertz CT molecular complexity index is 975. The quantitative estimate of drug-likeness (QED) is 0.410. The molecule has 1 aliphatic carbocycles. The van der Waals surface area contributed by atoms with E-state index >= 15 is 0 Å². The van der Waals surface area contributed by atoms with Crippen molar-refractivity contribution < 1.29 is 14.4 Å². The van der Waals surface area contributed by atoms with Crippen LogP contribution < -0.4 is 16.0 Å². The molecule has 4 atom stereocenters. The number of carbonyl (C=O) groups is 3. The highest BCUT2D eigenvalue weighted by Gasteiger charge is 2.44. The van der Waals surface area contributed by atoms with E-state index in [1.54, 1.807) is 7.05 Å². The molecule has 3 N–H and O–H groups in total. The molecule has 1 saturated carbocycles. The van der Waals surface area contributed by atoms with Crippen LogP contribution in [-0.4, -0.2) is 78.9 Å². The number of carbonyl (C=O) groups excluding carboxylic acids is 3. The van der Waals surface area contributed by atoms with E-state index in [1.165, 1.54) is 18.1 Å². The SMILES string of the molecule is C=CC(=O)Nc1ccc(CCN2CC[C@@H]3CCN(C(=O)[C@@H](NC(=O)[C@H](C)NC)C4CCCCC4)[C@@H]3C2)cc1. The average Bonchev–Trinajstić information content (AvgIpc) is 3.38. The number of nitrogens with zero attached hydrogens (tertiary/aromatic N) is 2. The smallest absolute Gasteiger partial charge is 0.247 e. The molecule has 0 bridgehead atoms. The number of nitrogens with one attached hydrogen (secondary N) is 3. The number of likely N-dealkylation sites (N-methyl/N-ethyl adjacent to an activating group) is 1. The Balaban J connectivity index is 1.37. The average molecular weight is 524 g/mol. The summed E-state index contributed by atoms with van der Waals surface area (Å²) in [5, 5.41) is 8.94. The summed E-state index contributed by atoms with van der Waals surface area (Å²) in [6, 6.07) is 7.44. The lowest BCUT2D eigenvalue weighted by atomic mass is 9.83. The maximum Gasteiger partial charge on any atom is 0.247 e. The zero-order valence-electron chi connectivity index (χ0n) is 23.1. The number of amides is 3. The molecule has 8 heteroatoms. The predicted octanol–water partition coefficient (Wildman–Crippen LogP) is 2.95. The minimum atomic E-state index is -0.423. The molecule has 3 aliphatic rings. The van der Waals surface area contributed by atoms with Gasteiger partial charge in [0.1, 0.15) is 6.04 Å². The lowest BCUT2D eigenvalue weighted by molar-refractivity contribution is -0.140. The second-order valence-electron chi connectivity index (χ2n) is 11.3. The van der Waals surface area contributed by atoms with Crippen molar-refractivity contribution in [1.82, 2.24) is 20.4 Å². The zero-order valence-corrected chi connectivity index (χ0v) is 23.1. The van der Waals surface area contributed by atoms with E-state index < -0.39 is 6.04 Å². The van der Waals surface area contributed by atoms with E-state index in [-0.39, 0.29) is 35.7 Å². The molecule has 38 heavy (non-hydrogen) atoms. The molecule has 8 nitrogen and oxygen atoms in total. The van der Waals surface area contributed by atoms with Gasteiger partial charge in [0.05, 0.1) is 6.04 Å². The third-order valence-electron chi connectivity index (χ3n) is 8.86. The Labute approximate surface area is 227 Å². The fourth-order valence-electron chi connectivity index (χ4n) is 6.35. The summed E-state index contributed by atoms with van der Waals surface area (Å²) in [7, 11) is 1.78. The lowest BCUT2D eigenvalue weighted by Crippen LogP contribution is -2.58. The van der Waals surface area contributed by atoms with Gasteiger partial charge in [-0.1, -0.05) is 38.0 Å². The minimum absolute atomic E-state index is 0.0903. The molecular formula is C30H45N5O3. The highest BCUT2D eigenvalue weighted by atomic mass is 16.2. The summed E-state index contributed by atoms with van der Waals surface area (Å²) in [6.07, 6.45) is 9.85. The third kappa shape index (κ3) is 7.03. The Morgan fingerprint density at radius 3 is 2.45 bits per heavy atom. The highest BCUT2D eigenvalue weighted by Crippen LogP contribution is 2.34. The van der Waals surface area contributed by atoms with Gasteiger partial charge < -0.3 is 25.8 Å². The van der Waals surface area contributed by atoms with Crippen molar-refractivity contribution in [2.24, 2.45) is 11.8 Å². The molecule has 0 unspecified atom stereocenters. The van der Waals surface area contributed by atoms with Crippen LogP contribution in [0.5, 0.6) is 0 Å². The minimum Gasteiger partial charge on any atom is -0.343 e. The standard InChI is InChI=1S/C30H45N5O3/c1-4-27(36)32-25-12-10-22(11-13-25)14-17-34-18-15-23-16-19-35(26(23)20-34)30(38)28(24-8-6-5-7-9-24)33-29(37)21(2)31-3/h4,10-13,21,23-24,26,28,31H,1,5-9,14-20H2,2-3H3,(H,32,36)(H,33,37)/t21-,23+,26+,28-/m0/s1. The number of hydrogen-bond donors (Lipinski definition) is 3. The summed E-state index contributed by atoms with van der Waals surface area (Å²) in [5.41, 5.74) is 1.99. The molecule has 3 amide bonds. The molecular weight excluding hydrogens is 478 g/mol. The summed E-state index contributed by atoms with van der Waals surface area (Å²) >= 11 is 0. The summed E-state index contributed by atoms with van der Waals surface area (Å²) in [4.78, 5) is 42.9. The topological polar surface area (TPSA) is 93.8 Å². The van der Waals surface area contributed by atoms with Crippen LogP contribution in [0.25, 0.3) is 0 Å². The van der Waals surface area contributed by atoms with Crippen LogP contribution in [0, 0.1) is 11.8 Å². The molecule has 2 heterocycles. The van der Waals surface area contributed by atoms with Crippen LogP contribution in [0.3, 0.4) is 0 Å². The maximum atomic E-state index is 14.0. The summed E-state index contributed by atoms with van der Waals surface area (Å²) in [5.74, 6) is 0.592. The second kappa shape index (κ2) is 13.4. The van der Waals surface area contributed by atoms with E-state index in [0.717, 1.165) is 76.8 Å². The molecule has 0 aromatic heterocycles. The van der Waals surface area contributed by atoms with Crippen molar-refractivity contribution in [3.63, 3.8) is 0 Å². The first-order valence-corrected chi connectivity index (χ1v) is 14.4. The normalized spacial score (nSPS) is 23.8. The monoisotopic (exact) mass is 523 g/mol. The Morgan fingerprint density at radius 1 is 1.05 bits per heavy atom. The van der Waals surface area contributed by atoms with E-state index in [0.29, 0.717) is 5.92 Å². The second-order valence-corrected chi connectivity index (χ2v) is 11.3. The van der Waals surface area contributed by atoms with Crippen molar-refractivity contribution in [2.45, 2.75) is 76.4 Å². The zero-order chi connectivity index (χ0) is 27.1. The molecule has 2 saturated heterocycles. The van der Waals surface area contributed by atoms with E-state index in [9.17, 15) is 14.4 Å². The van der Waals surface area contributed by atoms with Crippen molar-refractivity contribution in [1.29, 1.82) is 0 Å². The first kappa shape index (κ1) is 28.3. The van der Waals surface area contributed by atoms with Crippen molar-refractivity contribution in [3.8, 4) is 0 Å². The number of benzene rings is 1. The maximum absolute atomic E-state index is 14.0. The van der Waals surface area contributed by atoms with Crippen LogP contribution >= 0.6 is 0 Å². The van der Waals surface area contributed by atoms with Gasteiger partial charge in [0, 0.05) is 31.4 Å². The molecule has 4 rings (SSSR count). The van der Waals surface area contributed by atoms with Crippen LogP contribution in [-0.2, 0) is 20.8 Å². The Kier molecular flexibility index (Phi) is 9.97. The van der Waals surface area contributed by atoms with E-state index in [1.807, 2.05) is 19.1 Å². The van der Waals surface area contributed by atoms with Gasteiger partial charge in [-0.25, -0.2) is 0 Å². The molecule has 0 spiro atoms. The molecule has 0 radical (unpaired) electrons. The van der Waals surface area contributed by atoms with Crippen LogP contribution in [0.1, 0.15) is 57.4 Å². The Morgan fingerprint density at radius 2 is 1.76 bits per heavy atom. The molecule has 1 aromatic carbocycles. The van der Waals surface area contributed by atoms with E-state index in [4.69, 9.17) is 0 Å². The van der Waals surface area contributed by atoms with Crippen molar-refractivity contribution >= 4 is 23.4 Å². The van der Waals surface area contributed by atoms with Crippen molar-refractivity contribution in [3.05, 3.63) is 42.5 Å². The number of fused-ring (bicyclic) bond motifs is 1. The first-order valence-electron chi connectivity index (χ1n) is 14.4. The van der Waals surface area contributed by atoms with Gasteiger partial charge in [-0.15, -0.1) is 0 Å². The van der Waals surface area contributed by atoms with Gasteiger partial charge in [-0.05, 0) is 88.2 Å². The Hall–Kier alpha value is -2.71. The molecule has 208 valence electrons. The number of anilines is 1. The number of likely N-dealkylation sites (tertiary alicyclic amines) is 2. The van der Waals surface area contributed by atoms with Gasteiger partial charge in [-0.3, -0.25) is 14.4 Å². The van der Waals surface area contributed by atoms with Gasteiger partial charge in [-0.2, -0.15) is 0 Å². The molecule has 2 aliphatic heterocycles. The first-order chi connectivity index (χ1) is 18.4. The fraction of sp³-hybridized carbons (Fsp3) is 0.633. The van der Waals surface area contributed by atoms with Crippen LogP contribution in [0.15, 0.2) is 36.9 Å². The largest absolute Gasteiger partial charge is 0.343 e. The van der Waals surface area contributed by atoms with Gasteiger partial charge in [0.15, 0.2) is 0 Å². The number of piperidine rings is 1. The molecule has 3 fully saturated rings. The number of hydrogen-bond acceptors (Lipinski definition) is 5. The highest BCUT2D eigenvalue weighted by molar-refractivity contribution is 5.98. The van der Waals surface area contributed by atoms with E-state index in [2.05, 4.69) is 44.5 Å². The van der Waals surface area contributed by atoms with Gasteiger partial charge >= 0.3 is 0 Å². The fourth-order valence-corrected chi connectivity index (χ4v) is 6.35. The summed E-state index contributed by atoms with van der Waals surface area (Å²) < 4.78 is 0. The van der Waals surface area contributed by atoms with Gasteiger partial charge in [0.25, 0.3) is 0 Å². The van der Waals surface area contributed by atoms with Gasteiger partial charge in [0.2, 0.25) is 17.7 Å².